The van der Waals surface area contributed by atoms with Crippen LogP contribution in [0.4, 0.5) is 18.9 Å². The van der Waals surface area contributed by atoms with E-state index in [2.05, 4.69) is 15.3 Å². The summed E-state index contributed by atoms with van der Waals surface area (Å²) in [5, 5.41) is 2.71. The number of rotatable bonds is 3. The van der Waals surface area contributed by atoms with Gasteiger partial charge in [-0.25, -0.2) is 9.97 Å². The number of aromatic nitrogens is 2. The lowest BCUT2D eigenvalue weighted by Crippen LogP contribution is -2.09. The highest BCUT2D eigenvalue weighted by atomic mass is 19.4. The van der Waals surface area contributed by atoms with Gasteiger partial charge < -0.3 is 5.32 Å². The molecule has 0 spiro atoms. The molecule has 0 bridgehead atoms. The number of benzene rings is 3. The minimum Gasteiger partial charge on any atom is -0.321 e. The summed E-state index contributed by atoms with van der Waals surface area (Å²) in [5.41, 5.74) is 2.58. The van der Waals surface area contributed by atoms with Crippen LogP contribution >= 0.6 is 0 Å². The third-order valence-electron chi connectivity index (χ3n) is 4.27. The molecule has 0 radical (unpaired) electrons. The fraction of sp³-hybridized carbons (Fsp3) is 0.0455. The van der Waals surface area contributed by atoms with Crippen LogP contribution in [0.5, 0.6) is 0 Å². The van der Waals surface area contributed by atoms with Crippen molar-refractivity contribution in [3.63, 3.8) is 0 Å². The lowest BCUT2D eigenvalue weighted by atomic mass is 10.1. The molecule has 144 valence electrons. The Bertz CT molecular complexity index is 1250. The van der Waals surface area contributed by atoms with Crippen LogP contribution in [0, 0.1) is 0 Å². The van der Waals surface area contributed by atoms with E-state index in [9.17, 15) is 18.0 Å². The predicted molar refractivity (Wildman–Crippen MR) is 106 cm³/mol. The van der Waals surface area contributed by atoms with Gasteiger partial charge in [0.05, 0.1) is 27.8 Å². The number of nitrogens with zero attached hydrogens (tertiary/aromatic N) is 2. The first-order chi connectivity index (χ1) is 13.9. The van der Waals surface area contributed by atoms with Crippen molar-refractivity contribution < 1.29 is 18.0 Å². The number of hydrogen-bond acceptors (Lipinski definition) is 3. The molecule has 7 heteroatoms. The number of fused-ring (bicyclic) bond motifs is 2. The highest BCUT2D eigenvalue weighted by molar-refractivity contribution is 6.06. The maximum atomic E-state index is 12.8. The van der Waals surface area contributed by atoms with Gasteiger partial charge in [-0.05, 0) is 48.0 Å². The van der Waals surface area contributed by atoms with Crippen LogP contribution in [0.25, 0.3) is 28.1 Å². The zero-order valence-electron chi connectivity index (χ0n) is 14.9. The van der Waals surface area contributed by atoms with Crippen LogP contribution in [0.3, 0.4) is 0 Å². The normalized spacial score (nSPS) is 12.0. The van der Waals surface area contributed by atoms with Gasteiger partial charge in [0.1, 0.15) is 5.52 Å². The molecule has 0 fully saturated rings. The topological polar surface area (TPSA) is 54.9 Å². The molecule has 29 heavy (non-hydrogen) atoms. The second-order valence-corrected chi connectivity index (χ2v) is 6.33. The second-order valence-electron chi connectivity index (χ2n) is 6.33. The van der Waals surface area contributed by atoms with Crippen LogP contribution in [0.1, 0.15) is 11.1 Å². The summed E-state index contributed by atoms with van der Waals surface area (Å²) < 4.78 is 38.4. The highest BCUT2D eigenvalue weighted by Gasteiger charge is 2.30. The summed E-state index contributed by atoms with van der Waals surface area (Å²) in [7, 11) is 0. The van der Waals surface area contributed by atoms with E-state index in [1.807, 2.05) is 24.3 Å². The maximum absolute atomic E-state index is 12.8. The van der Waals surface area contributed by atoms with E-state index in [4.69, 9.17) is 0 Å². The molecule has 0 unspecified atom stereocenters. The number of halogens is 3. The smallest absolute Gasteiger partial charge is 0.321 e. The number of alkyl halides is 3. The monoisotopic (exact) mass is 393 g/mol. The van der Waals surface area contributed by atoms with E-state index in [0.29, 0.717) is 22.2 Å². The number of para-hydroxylation sites is 3. The van der Waals surface area contributed by atoms with Gasteiger partial charge in [-0.1, -0.05) is 30.3 Å². The summed E-state index contributed by atoms with van der Waals surface area (Å²) in [4.78, 5) is 21.4. The van der Waals surface area contributed by atoms with Crippen LogP contribution in [-0.4, -0.2) is 15.9 Å². The number of hydrogen-bond donors (Lipinski definition) is 1. The average molecular weight is 393 g/mol. The van der Waals surface area contributed by atoms with Crippen molar-refractivity contribution in [1.82, 2.24) is 9.97 Å². The van der Waals surface area contributed by atoms with E-state index >= 15 is 0 Å². The van der Waals surface area contributed by atoms with E-state index < -0.39 is 17.6 Å². The van der Waals surface area contributed by atoms with Crippen LogP contribution in [0.2, 0.25) is 0 Å². The molecule has 1 aromatic heterocycles. The van der Waals surface area contributed by atoms with Gasteiger partial charge in [0.15, 0.2) is 0 Å². The van der Waals surface area contributed by atoms with E-state index in [-0.39, 0.29) is 5.56 Å². The highest BCUT2D eigenvalue weighted by Crippen LogP contribution is 2.29. The molecule has 1 amide bonds. The summed E-state index contributed by atoms with van der Waals surface area (Å²) in [6.45, 7) is 0. The van der Waals surface area contributed by atoms with Gasteiger partial charge in [-0.3, -0.25) is 4.79 Å². The summed E-state index contributed by atoms with van der Waals surface area (Å²) in [6.07, 6.45) is -1.92. The number of anilines is 1. The second kappa shape index (κ2) is 7.35. The number of amides is 1. The quantitative estimate of drug-likeness (QED) is 0.372. The van der Waals surface area contributed by atoms with Crippen molar-refractivity contribution in [1.29, 1.82) is 0 Å². The minimum atomic E-state index is -4.43. The molecule has 0 saturated heterocycles. The Balaban J connectivity index is 1.59. The average Bonchev–Trinajstić information content (AvgIpc) is 2.71. The summed E-state index contributed by atoms with van der Waals surface area (Å²) in [5.74, 6) is -0.482. The molecule has 0 aliphatic rings. The van der Waals surface area contributed by atoms with Crippen LogP contribution in [-0.2, 0) is 11.0 Å². The Kier molecular flexibility index (Phi) is 4.72. The zero-order chi connectivity index (χ0) is 20.4. The first kappa shape index (κ1) is 18.6. The molecule has 0 saturated carbocycles. The van der Waals surface area contributed by atoms with Gasteiger partial charge >= 0.3 is 6.18 Å². The first-order valence-electron chi connectivity index (χ1n) is 8.72. The molecule has 3 aromatic carbocycles. The molecule has 0 atom stereocenters. The molecular formula is C22H14F3N3O. The van der Waals surface area contributed by atoms with Crippen molar-refractivity contribution in [3.05, 3.63) is 83.9 Å². The van der Waals surface area contributed by atoms with Gasteiger partial charge in [0.25, 0.3) is 0 Å². The lowest BCUT2D eigenvalue weighted by molar-refractivity contribution is -0.137. The fourth-order valence-corrected chi connectivity index (χ4v) is 2.91. The molecule has 4 rings (SSSR count). The Morgan fingerprint density at radius 1 is 0.862 bits per heavy atom. The molecule has 4 aromatic rings. The number of carbonyl (C=O) groups excluding carboxylic acids is 1. The lowest BCUT2D eigenvalue weighted by Gasteiger charge is -2.08. The third kappa shape index (κ3) is 4.08. The van der Waals surface area contributed by atoms with E-state index in [1.54, 1.807) is 18.2 Å². The van der Waals surface area contributed by atoms with Crippen molar-refractivity contribution in [3.8, 4) is 0 Å². The Hall–Kier alpha value is -3.74. The number of nitrogens with one attached hydrogen (secondary N) is 1. The van der Waals surface area contributed by atoms with Crippen molar-refractivity contribution in [2.24, 2.45) is 0 Å². The Morgan fingerprint density at radius 3 is 2.31 bits per heavy atom. The molecule has 0 aliphatic carbocycles. The largest absolute Gasteiger partial charge is 0.416 e. The van der Waals surface area contributed by atoms with Gasteiger partial charge in [-0.15, -0.1) is 0 Å². The van der Waals surface area contributed by atoms with Gasteiger partial charge in [0, 0.05) is 6.08 Å². The Labute approximate surface area is 163 Å². The molecule has 4 nitrogen and oxygen atoms in total. The summed E-state index contributed by atoms with van der Waals surface area (Å²) >= 11 is 0. The van der Waals surface area contributed by atoms with Gasteiger partial charge in [0.2, 0.25) is 5.91 Å². The van der Waals surface area contributed by atoms with E-state index in [0.717, 1.165) is 17.6 Å². The molecular weight excluding hydrogens is 379 g/mol. The standard InChI is InChI=1S/C22H14F3N3O/c23-22(24,25)15-6-3-5-14(13-15)11-12-20(29)27-19-10-4-9-18-21(19)28-17-8-2-1-7-16(17)26-18/h1-13H,(H,27,29)/b12-11+. The molecule has 1 heterocycles. The van der Waals surface area contributed by atoms with Gasteiger partial charge in [-0.2, -0.15) is 13.2 Å². The third-order valence-corrected chi connectivity index (χ3v) is 4.27. The zero-order valence-corrected chi connectivity index (χ0v) is 14.9. The van der Waals surface area contributed by atoms with Crippen molar-refractivity contribution in [2.45, 2.75) is 6.18 Å². The predicted octanol–water partition coefficient (Wildman–Crippen LogP) is 5.45. The van der Waals surface area contributed by atoms with E-state index in [1.165, 1.54) is 24.3 Å². The fourth-order valence-electron chi connectivity index (χ4n) is 2.91. The Morgan fingerprint density at radius 2 is 1.55 bits per heavy atom. The minimum absolute atomic E-state index is 0.277. The number of carbonyl (C=O) groups is 1. The maximum Gasteiger partial charge on any atom is 0.416 e. The SMILES string of the molecule is O=C(/C=C/c1cccc(C(F)(F)F)c1)Nc1cccc2nc3ccccc3nc12. The van der Waals surface area contributed by atoms with Crippen molar-refractivity contribution in [2.75, 3.05) is 5.32 Å². The molecule has 0 aliphatic heterocycles. The van der Waals surface area contributed by atoms with Crippen LogP contribution < -0.4 is 5.32 Å². The molecule has 1 N–H and O–H groups in total. The summed E-state index contributed by atoms with van der Waals surface area (Å²) in [6, 6.07) is 17.4. The first-order valence-corrected chi connectivity index (χ1v) is 8.72. The van der Waals surface area contributed by atoms with Crippen molar-refractivity contribution >= 4 is 39.7 Å². The van der Waals surface area contributed by atoms with Crippen LogP contribution in [0.15, 0.2) is 72.8 Å².